The average Bonchev–Trinajstić information content (AvgIpc) is 2.15. The third kappa shape index (κ3) is 7.64. The highest BCUT2D eigenvalue weighted by Gasteiger charge is 2.39. The third-order valence-electron chi connectivity index (χ3n) is 1.76. The van der Waals surface area contributed by atoms with Crippen LogP contribution in [0.1, 0.15) is 32.6 Å². The molecular formula is C9H14F4OS. The first-order valence-electron chi connectivity index (χ1n) is 4.74. The van der Waals surface area contributed by atoms with Crippen molar-refractivity contribution in [3.63, 3.8) is 0 Å². The molecule has 0 aromatic heterocycles. The molecule has 0 amide bonds. The standard InChI is InChI=1S/C9H14F4OS/c1-2-8(14)15-6-4-3-5-7(10)9(11,12)13/h7H,2-6H2,1H3. The van der Waals surface area contributed by atoms with Gasteiger partial charge in [0.05, 0.1) is 0 Å². The molecule has 15 heavy (non-hydrogen) atoms. The van der Waals surface area contributed by atoms with E-state index in [1.165, 1.54) is 0 Å². The highest BCUT2D eigenvalue weighted by atomic mass is 32.2. The Morgan fingerprint density at radius 1 is 1.33 bits per heavy atom. The number of unbranched alkanes of at least 4 members (excludes halogenated alkanes) is 1. The third-order valence-corrected chi connectivity index (χ3v) is 2.86. The largest absolute Gasteiger partial charge is 0.419 e. The molecule has 0 aliphatic heterocycles. The number of carbonyl (C=O) groups excluding carboxylic acids is 1. The molecule has 1 unspecified atom stereocenters. The SMILES string of the molecule is CCC(=O)SCCCCC(F)C(F)(F)F. The number of thioether (sulfide) groups is 1. The lowest BCUT2D eigenvalue weighted by Crippen LogP contribution is -2.24. The highest BCUT2D eigenvalue weighted by molar-refractivity contribution is 8.13. The quantitative estimate of drug-likeness (QED) is 0.524. The van der Waals surface area contributed by atoms with E-state index < -0.39 is 18.8 Å². The summed E-state index contributed by atoms with van der Waals surface area (Å²) in [5, 5.41) is 0.0163. The summed E-state index contributed by atoms with van der Waals surface area (Å²) in [5.74, 6) is 0.469. The van der Waals surface area contributed by atoms with Crippen LogP contribution in [0, 0.1) is 0 Å². The van der Waals surface area contributed by atoms with E-state index in [1.807, 2.05) is 0 Å². The van der Waals surface area contributed by atoms with Crippen molar-refractivity contribution in [3.8, 4) is 0 Å². The van der Waals surface area contributed by atoms with E-state index in [1.54, 1.807) is 6.92 Å². The van der Waals surface area contributed by atoms with Crippen LogP contribution < -0.4 is 0 Å². The van der Waals surface area contributed by atoms with Gasteiger partial charge in [-0.1, -0.05) is 18.7 Å². The van der Waals surface area contributed by atoms with E-state index in [2.05, 4.69) is 0 Å². The first kappa shape index (κ1) is 14.7. The molecule has 0 saturated heterocycles. The minimum Gasteiger partial charge on any atom is -0.287 e. The molecule has 1 nitrogen and oxygen atoms in total. The molecular weight excluding hydrogens is 232 g/mol. The smallest absolute Gasteiger partial charge is 0.287 e. The zero-order valence-corrected chi connectivity index (χ0v) is 9.26. The van der Waals surface area contributed by atoms with E-state index in [0.717, 1.165) is 11.8 Å². The maximum atomic E-state index is 12.4. The van der Waals surface area contributed by atoms with Crippen molar-refractivity contribution >= 4 is 16.9 Å². The van der Waals surface area contributed by atoms with Crippen molar-refractivity contribution < 1.29 is 22.4 Å². The fraction of sp³-hybridized carbons (Fsp3) is 0.889. The maximum absolute atomic E-state index is 12.4. The summed E-state index contributed by atoms with van der Waals surface area (Å²) in [6.45, 7) is 1.72. The van der Waals surface area contributed by atoms with Crippen LogP contribution in [-0.2, 0) is 4.79 Å². The predicted octanol–water partition coefficient (Wildman–Crippen LogP) is 3.73. The van der Waals surface area contributed by atoms with Gasteiger partial charge < -0.3 is 0 Å². The van der Waals surface area contributed by atoms with Crippen LogP contribution in [0.2, 0.25) is 0 Å². The molecule has 0 spiro atoms. The van der Waals surface area contributed by atoms with Gasteiger partial charge >= 0.3 is 6.18 Å². The van der Waals surface area contributed by atoms with E-state index in [-0.39, 0.29) is 11.5 Å². The molecule has 6 heteroatoms. The number of hydrogen-bond acceptors (Lipinski definition) is 2. The molecule has 90 valence electrons. The van der Waals surface area contributed by atoms with E-state index in [0.29, 0.717) is 18.6 Å². The molecule has 0 aromatic rings. The van der Waals surface area contributed by atoms with Crippen molar-refractivity contribution in [2.45, 2.75) is 45.0 Å². The number of rotatable bonds is 6. The van der Waals surface area contributed by atoms with Gasteiger partial charge in [0, 0.05) is 12.2 Å². The molecule has 0 N–H and O–H groups in total. The monoisotopic (exact) mass is 246 g/mol. The molecule has 0 saturated carbocycles. The highest BCUT2D eigenvalue weighted by Crippen LogP contribution is 2.26. The maximum Gasteiger partial charge on any atom is 0.419 e. The van der Waals surface area contributed by atoms with Gasteiger partial charge in [0.25, 0.3) is 0 Å². The first-order valence-corrected chi connectivity index (χ1v) is 5.73. The van der Waals surface area contributed by atoms with Crippen molar-refractivity contribution in [1.29, 1.82) is 0 Å². The Balaban J connectivity index is 3.43. The minimum atomic E-state index is -4.74. The fourth-order valence-electron chi connectivity index (χ4n) is 0.877. The summed E-state index contributed by atoms with van der Waals surface area (Å²) in [5.41, 5.74) is 0. The van der Waals surface area contributed by atoms with Gasteiger partial charge in [-0.2, -0.15) is 13.2 Å². The Bertz CT molecular complexity index is 193. The minimum absolute atomic E-state index is 0.0163. The normalized spacial score (nSPS) is 13.9. The summed E-state index contributed by atoms with van der Waals surface area (Å²) in [6, 6.07) is 0. The van der Waals surface area contributed by atoms with E-state index >= 15 is 0 Å². The van der Waals surface area contributed by atoms with Gasteiger partial charge in [-0.15, -0.1) is 0 Å². The lowest BCUT2D eigenvalue weighted by molar-refractivity contribution is -0.182. The molecule has 0 radical (unpaired) electrons. The van der Waals surface area contributed by atoms with Crippen molar-refractivity contribution in [2.24, 2.45) is 0 Å². The van der Waals surface area contributed by atoms with Crippen LogP contribution in [0.25, 0.3) is 0 Å². The van der Waals surface area contributed by atoms with Gasteiger partial charge in [-0.3, -0.25) is 4.79 Å². The van der Waals surface area contributed by atoms with Crippen LogP contribution in [0.15, 0.2) is 0 Å². The van der Waals surface area contributed by atoms with Crippen molar-refractivity contribution in [2.75, 3.05) is 5.75 Å². The second-order valence-electron chi connectivity index (χ2n) is 3.08. The lowest BCUT2D eigenvalue weighted by atomic mass is 10.2. The second kappa shape index (κ2) is 7.09. The number of hydrogen-bond donors (Lipinski definition) is 0. The van der Waals surface area contributed by atoms with Crippen LogP contribution in [0.4, 0.5) is 17.6 Å². The Hall–Kier alpha value is -0.260. The number of halogens is 4. The Kier molecular flexibility index (Phi) is 6.96. The molecule has 0 aromatic carbocycles. The van der Waals surface area contributed by atoms with Gasteiger partial charge in [0.2, 0.25) is 0 Å². The topological polar surface area (TPSA) is 17.1 Å². The summed E-state index contributed by atoms with van der Waals surface area (Å²) >= 11 is 1.09. The Morgan fingerprint density at radius 3 is 2.40 bits per heavy atom. The first-order chi connectivity index (χ1) is 6.88. The predicted molar refractivity (Wildman–Crippen MR) is 52.6 cm³/mol. The molecule has 0 rings (SSSR count). The molecule has 0 aliphatic rings. The summed E-state index contributed by atoms with van der Waals surface area (Å²) in [4.78, 5) is 10.8. The Labute approximate surface area is 90.6 Å². The van der Waals surface area contributed by atoms with E-state index in [4.69, 9.17) is 0 Å². The van der Waals surface area contributed by atoms with Crippen LogP contribution in [0.3, 0.4) is 0 Å². The fourth-order valence-corrected chi connectivity index (χ4v) is 1.66. The van der Waals surface area contributed by atoms with Gasteiger partial charge in [0.15, 0.2) is 11.3 Å². The zero-order chi connectivity index (χ0) is 11.9. The summed E-state index contributed by atoms with van der Waals surface area (Å²) < 4.78 is 47.5. The zero-order valence-electron chi connectivity index (χ0n) is 8.44. The molecule has 1 atom stereocenters. The van der Waals surface area contributed by atoms with Crippen LogP contribution in [0.5, 0.6) is 0 Å². The van der Waals surface area contributed by atoms with Gasteiger partial charge in [-0.05, 0) is 19.3 Å². The van der Waals surface area contributed by atoms with Crippen LogP contribution >= 0.6 is 11.8 Å². The molecule has 0 bridgehead atoms. The number of alkyl halides is 4. The summed E-state index contributed by atoms with van der Waals surface area (Å²) in [7, 11) is 0. The van der Waals surface area contributed by atoms with Gasteiger partial charge in [0.1, 0.15) is 0 Å². The summed E-state index contributed by atoms with van der Waals surface area (Å²) in [6.07, 6.45) is -6.97. The molecule has 0 heterocycles. The second-order valence-corrected chi connectivity index (χ2v) is 4.23. The molecule has 0 fully saturated rings. The molecule has 0 aliphatic carbocycles. The van der Waals surface area contributed by atoms with Crippen LogP contribution in [-0.4, -0.2) is 23.2 Å². The average molecular weight is 246 g/mol. The van der Waals surface area contributed by atoms with Crippen molar-refractivity contribution in [1.82, 2.24) is 0 Å². The van der Waals surface area contributed by atoms with Gasteiger partial charge in [-0.25, -0.2) is 4.39 Å². The van der Waals surface area contributed by atoms with E-state index in [9.17, 15) is 22.4 Å². The number of carbonyl (C=O) groups is 1. The van der Waals surface area contributed by atoms with Crippen molar-refractivity contribution in [3.05, 3.63) is 0 Å². The Morgan fingerprint density at radius 2 is 1.93 bits per heavy atom. The lowest BCUT2D eigenvalue weighted by Gasteiger charge is -2.11.